The van der Waals surface area contributed by atoms with Gasteiger partial charge in [0.15, 0.2) is 0 Å². The van der Waals surface area contributed by atoms with Crippen LogP contribution in [0.25, 0.3) is 0 Å². The lowest BCUT2D eigenvalue weighted by Gasteiger charge is -1.97. The zero-order chi connectivity index (χ0) is 12.3. The van der Waals surface area contributed by atoms with E-state index in [0.29, 0.717) is 5.69 Å². The highest BCUT2D eigenvalue weighted by atomic mass is 18.2. The molecule has 0 fully saturated rings. The molecule has 0 unspecified atom stereocenters. The van der Waals surface area contributed by atoms with Crippen LogP contribution < -0.4 is 0 Å². The van der Waals surface area contributed by atoms with Crippen LogP contribution in [0, 0.1) is 10.1 Å². The number of alkyl halides is 1. The van der Waals surface area contributed by atoms with Crippen molar-refractivity contribution in [3.05, 3.63) is 34.4 Å². The van der Waals surface area contributed by atoms with Gasteiger partial charge in [0.05, 0.1) is 12.7 Å². The highest BCUT2D eigenvalue weighted by Gasteiger charge is 2.15. The molecule has 0 N–H and O–H groups in total. The second kappa shape index (κ2) is 4.68. The van der Waals surface area contributed by atoms with Gasteiger partial charge in [-0.05, 0) is 4.92 Å². The molecule has 90 valence electrons. The van der Waals surface area contributed by atoms with Gasteiger partial charge in [-0.3, -0.25) is 0 Å². The zero-order valence-electron chi connectivity index (χ0n) is 8.73. The first-order chi connectivity index (χ1) is 8.20. The van der Waals surface area contributed by atoms with Gasteiger partial charge in [0.25, 0.3) is 0 Å². The van der Waals surface area contributed by atoms with Crippen molar-refractivity contribution in [1.82, 2.24) is 24.5 Å². The number of aryl methyl sites for hydroxylation is 1. The maximum Gasteiger partial charge on any atom is 0.434 e. The van der Waals surface area contributed by atoms with Gasteiger partial charge in [-0.25, -0.2) is 13.6 Å². The standard InChI is InChI=1S/C8H9FN6O2/c9-1-3-14-6-7(11-12-14)5-13-4-2-10-8(13)15(16)17/h2,4,6H,1,3,5H2/i9-1. The lowest BCUT2D eigenvalue weighted by molar-refractivity contribution is -0.396. The molecule has 0 amide bonds. The van der Waals surface area contributed by atoms with Crippen molar-refractivity contribution >= 4 is 5.95 Å². The number of rotatable bonds is 5. The molecule has 0 saturated carbocycles. The average Bonchev–Trinajstić information content (AvgIpc) is 2.89. The van der Waals surface area contributed by atoms with Gasteiger partial charge in [-0.1, -0.05) is 10.2 Å². The molecule has 0 radical (unpaired) electrons. The van der Waals surface area contributed by atoms with E-state index < -0.39 is 11.6 Å². The largest absolute Gasteiger partial charge is 0.434 e. The van der Waals surface area contributed by atoms with Gasteiger partial charge in [0, 0.05) is 0 Å². The minimum Gasteiger partial charge on any atom is -0.390 e. The van der Waals surface area contributed by atoms with Crippen LogP contribution in [0.1, 0.15) is 5.69 Å². The monoisotopic (exact) mass is 239 g/mol. The van der Waals surface area contributed by atoms with Crippen LogP contribution in [0.5, 0.6) is 0 Å². The Morgan fingerprint density at radius 2 is 2.35 bits per heavy atom. The third-order valence-electron chi connectivity index (χ3n) is 2.09. The third kappa shape index (κ3) is 2.44. The minimum absolute atomic E-state index is 0.124. The van der Waals surface area contributed by atoms with Crippen LogP contribution in [-0.4, -0.2) is 36.1 Å². The summed E-state index contributed by atoms with van der Waals surface area (Å²) in [6.45, 7) is -0.227. The van der Waals surface area contributed by atoms with Gasteiger partial charge >= 0.3 is 5.95 Å². The molecule has 2 aromatic rings. The molecular weight excluding hydrogens is 230 g/mol. The highest BCUT2D eigenvalue weighted by molar-refractivity contribution is 5.09. The molecule has 0 aliphatic carbocycles. The number of nitro groups is 1. The first-order valence-electron chi connectivity index (χ1n) is 4.81. The molecule has 8 nitrogen and oxygen atoms in total. The fourth-order valence-electron chi connectivity index (χ4n) is 1.38. The summed E-state index contributed by atoms with van der Waals surface area (Å²) >= 11 is 0. The first kappa shape index (κ1) is 11.2. The molecule has 0 aliphatic rings. The molecule has 0 atom stereocenters. The number of hydrogen-bond donors (Lipinski definition) is 0. The van der Waals surface area contributed by atoms with Crippen molar-refractivity contribution in [3.63, 3.8) is 0 Å². The Labute approximate surface area is 94.8 Å². The van der Waals surface area contributed by atoms with E-state index in [9.17, 15) is 14.5 Å². The van der Waals surface area contributed by atoms with Gasteiger partial charge in [-0.2, -0.15) is 0 Å². The first-order valence-corrected chi connectivity index (χ1v) is 4.81. The van der Waals surface area contributed by atoms with Crippen molar-refractivity contribution in [2.45, 2.75) is 13.1 Å². The summed E-state index contributed by atoms with van der Waals surface area (Å²) in [5.74, 6) is -0.259. The Hall–Kier alpha value is -2.32. The molecule has 0 spiro atoms. The maximum atomic E-state index is 12.0. The number of nitrogens with zero attached hydrogens (tertiary/aromatic N) is 6. The molecule has 2 rings (SSSR count). The Bertz CT molecular complexity index is 522. The van der Waals surface area contributed by atoms with Crippen molar-refractivity contribution in [2.24, 2.45) is 0 Å². The summed E-state index contributed by atoms with van der Waals surface area (Å²) in [4.78, 5) is 13.6. The molecule has 2 aromatic heterocycles. The Morgan fingerprint density at radius 3 is 3.06 bits per heavy atom. The molecule has 0 saturated heterocycles. The molecule has 17 heavy (non-hydrogen) atoms. The van der Waals surface area contributed by atoms with Gasteiger partial charge in [0.1, 0.15) is 31.3 Å². The van der Waals surface area contributed by atoms with Crippen LogP contribution in [-0.2, 0) is 13.1 Å². The number of imidazole rings is 1. The van der Waals surface area contributed by atoms with Gasteiger partial charge < -0.3 is 10.1 Å². The number of halogens is 1. The SMILES string of the molecule is O=[N+]([O-])c1nccn1Cc1cn(CC[18F])nn1. The predicted molar refractivity (Wildman–Crippen MR) is 54.0 cm³/mol. The predicted octanol–water partition coefficient (Wildman–Crippen LogP) is 0.401. The van der Waals surface area contributed by atoms with Crippen molar-refractivity contribution in [1.29, 1.82) is 0 Å². The van der Waals surface area contributed by atoms with Crippen molar-refractivity contribution in [3.8, 4) is 0 Å². The van der Waals surface area contributed by atoms with Crippen molar-refractivity contribution < 1.29 is 9.31 Å². The normalized spacial score (nSPS) is 10.6. The molecule has 9 heteroatoms. The highest BCUT2D eigenvalue weighted by Crippen LogP contribution is 2.09. The second-order valence-corrected chi connectivity index (χ2v) is 3.27. The summed E-state index contributed by atoms with van der Waals surface area (Å²) < 4.78 is 14.7. The Balaban J connectivity index is 2.14. The molecule has 0 bridgehead atoms. The number of aromatic nitrogens is 5. The van der Waals surface area contributed by atoms with Crippen LogP contribution in [0.3, 0.4) is 0 Å². The quantitative estimate of drug-likeness (QED) is 0.556. The zero-order valence-corrected chi connectivity index (χ0v) is 8.73. The van der Waals surface area contributed by atoms with Crippen LogP contribution in [0.4, 0.5) is 10.3 Å². The maximum absolute atomic E-state index is 12.0. The topological polar surface area (TPSA) is 91.7 Å². The second-order valence-electron chi connectivity index (χ2n) is 3.27. The minimum atomic E-state index is -0.577. The summed E-state index contributed by atoms with van der Waals surface area (Å²) in [7, 11) is 0. The summed E-state index contributed by atoms with van der Waals surface area (Å²) in [6, 6.07) is 0. The van der Waals surface area contributed by atoms with E-state index in [0.717, 1.165) is 0 Å². The van der Waals surface area contributed by atoms with Gasteiger partial charge in [0.2, 0.25) is 0 Å². The lowest BCUT2D eigenvalue weighted by Crippen LogP contribution is -2.04. The lowest BCUT2D eigenvalue weighted by atomic mass is 10.4. The molecule has 2 heterocycles. The fourth-order valence-corrected chi connectivity index (χ4v) is 1.38. The summed E-state index contributed by atoms with van der Waals surface area (Å²) in [5, 5.41) is 18.1. The van der Waals surface area contributed by atoms with E-state index in [1.54, 1.807) is 6.20 Å². The van der Waals surface area contributed by atoms with E-state index in [-0.39, 0.29) is 19.0 Å². The van der Waals surface area contributed by atoms with E-state index in [1.807, 2.05) is 0 Å². The van der Waals surface area contributed by atoms with E-state index in [2.05, 4.69) is 15.3 Å². The fraction of sp³-hybridized carbons (Fsp3) is 0.375. The molecule has 0 aliphatic heterocycles. The summed E-state index contributed by atoms with van der Waals surface area (Å²) in [6.07, 6.45) is 4.36. The van der Waals surface area contributed by atoms with E-state index >= 15 is 0 Å². The van der Waals surface area contributed by atoms with Gasteiger partial charge in [-0.15, -0.1) is 5.10 Å². The van der Waals surface area contributed by atoms with E-state index in [1.165, 1.54) is 21.6 Å². The van der Waals surface area contributed by atoms with Crippen LogP contribution in [0.2, 0.25) is 0 Å². The third-order valence-corrected chi connectivity index (χ3v) is 2.09. The van der Waals surface area contributed by atoms with Crippen LogP contribution >= 0.6 is 0 Å². The molecular formula is C8H9FN6O2. The summed E-state index contributed by atoms with van der Waals surface area (Å²) in [5.41, 5.74) is 0.513. The van der Waals surface area contributed by atoms with E-state index in [4.69, 9.17) is 0 Å². The Morgan fingerprint density at radius 1 is 1.53 bits per heavy atom. The number of hydrogen-bond acceptors (Lipinski definition) is 5. The Kier molecular flexibility index (Phi) is 3.08. The van der Waals surface area contributed by atoms with Crippen LogP contribution in [0.15, 0.2) is 18.6 Å². The molecule has 0 aromatic carbocycles. The van der Waals surface area contributed by atoms with Crippen molar-refractivity contribution in [2.75, 3.05) is 6.67 Å². The smallest absolute Gasteiger partial charge is 0.390 e. The average molecular weight is 239 g/mol.